The van der Waals surface area contributed by atoms with E-state index >= 15 is 0 Å². The van der Waals surface area contributed by atoms with Gasteiger partial charge in [-0.25, -0.2) is 0 Å². The Bertz CT molecular complexity index is 406. The van der Waals surface area contributed by atoms with Crippen molar-refractivity contribution < 1.29 is 4.74 Å². The summed E-state index contributed by atoms with van der Waals surface area (Å²) in [4.78, 5) is 2.54. The van der Waals surface area contributed by atoms with Crippen LogP contribution in [0, 0.1) is 13.8 Å². The molecule has 1 fully saturated rings. The molecule has 106 valence electrons. The van der Waals surface area contributed by atoms with Crippen LogP contribution in [0.25, 0.3) is 0 Å². The Morgan fingerprint density at radius 1 is 1.37 bits per heavy atom. The van der Waals surface area contributed by atoms with Gasteiger partial charge in [-0.3, -0.25) is 4.90 Å². The minimum absolute atomic E-state index is 0.648. The predicted molar refractivity (Wildman–Crippen MR) is 79.9 cm³/mol. The van der Waals surface area contributed by atoms with E-state index in [-0.39, 0.29) is 0 Å². The lowest BCUT2D eigenvalue weighted by molar-refractivity contribution is 0.160. The molecule has 1 atom stereocenters. The van der Waals surface area contributed by atoms with E-state index in [2.05, 4.69) is 49.2 Å². The fraction of sp³-hybridized carbons (Fsp3) is 0.625. The van der Waals surface area contributed by atoms with E-state index in [1.807, 2.05) is 0 Å². The predicted octanol–water partition coefficient (Wildman–Crippen LogP) is 2.37. The molecule has 1 aromatic carbocycles. The van der Waals surface area contributed by atoms with Gasteiger partial charge in [0.05, 0.1) is 6.61 Å². The number of aryl methyl sites for hydroxylation is 2. The minimum atomic E-state index is 0.648. The summed E-state index contributed by atoms with van der Waals surface area (Å²) in [5, 5.41) is 3.42. The molecule has 0 radical (unpaired) electrons. The van der Waals surface area contributed by atoms with Gasteiger partial charge in [-0.1, -0.05) is 12.1 Å². The zero-order valence-corrected chi connectivity index (χ0v) is 12.4. The van der Waals surface area contributed by atoms with Gasteiger partial charge in [0.25, 0.3) is 0 Å². The quantitative estimate of drug-likeness (QED) is 0.825. The summed E-state index contributed by atoms with van der Waals surface area (Å²) in [6.07, 6.45) is 1.09. The molecule has 0 aromatic heterocycles. The van der Waals surface area contributed by atoms with E-state index in [0.29, 0.717) is 6.04 Å². The fourth-order valence-electron chi connectivity index (χ4n) is 2.53. The highest BCUT2D eigenvalue weighted by Crippen LogP contribution is 2.19. The summed E-state index contributed by atoms with van der Waals surface area (Å²) in [6, 6.07) is 7.03. The molecule has 0 saturated carbocycles. The normalized spacial score (nSPS) is 20.5. The van der Waals surface area contributed by atoms with E-state index in [0.717, 1.165) is 45.0 Å². The number of benzene rings is 1. The molecule has 1 heterocycles. The van der Waals surface area contributed by atoms with E-state index in [1.54, 1.807) is 0 Å². The van der Waals surface area contributed by atoms with Gasteiger partial charge in [0.15, 0.2) is 0 Å². The lowest BCUT2D eigenvalue weighted by Crippen LogP contribution is -2.50. The Hall–Kier alpha value is -1.06. The second-order valence-corrected chi connectivity index (χ2v) is 5.56. The molecular weight excluding hydrogens is 236 g/mol. The topological polar surface area (TPSA) is 24.5 Å². The van der Waals surface area contributed by atoms with Gasteiger partial charge in [-0.2, -0.15) is 0 Å². The number of hydrogen-bond donors (Lipinski definition) is 1. The molecule has 0 spiro atoms. The van der Waals surface area contributed by atoms with Gasteiger partial charge >= 0.3 is 0 Å². The standard InChI is InChI=1S/C16H26N2O/c1-13-5-6-14(2)16(11-13)19-10-4-8-18-9-7-17-12-15(18)3/h5-6,11,15,17H,4,7-10,12H2,1-3H3. The van der Waals surface area contributed by atoms with Gasteiger partial charge in [0, 0.05) is 32.2 Å². The van der Waals surface area contributed by atoms with Gasteiger partial charge < -0.3 is 10.1 Å². The zero-order chi connectivity index (χ0) is 13.7. The second kappa shape index (κ2) is 6.92. The Morgan fingerprint density at radius 3 is 3.00 bits per heavy atom. The van der Waals surface area contributed by atoms with Crippen LogP contribution in [0.5, 0.6) is 5.75 Å². The summed E-state index contributed by atoms with van der Waals surface area (Å²) < 4.78 is 5.90. The average molecular weight is 262 g/mol. The van der Waals surface area contributed by atoms with Crippen LogP contribution in [-0.4, -0.2) is 43.7 Å². The van der Waals surface area contributed by atoms with Crippen molar-refractivity contribution in [3.63, 3.8) is 0 Å². The maximum atomic E-state index is 5.90. The fourth-order valence-corrected chi connectivity index (χ4v) is 2.53. The van der Waals surface area contributed by atoms with Crippen LogP contribution < -0.4 is 10.1 Å². The van der Waals surface area contributed by atoms with Crippen molar-refractivity contribution in [2.24, 2.45) is 0 Å². The van der Waals surface area contributed by atoms with Gasteiger partial charge in [-0.05, 0) is 44.4 Å². The summed E-state index contributed by atoms with van der Waals surface area (Å²) >= 11 is 0. The van der Waals surface area contributed by atoms with Crippen LogP contribution in [0.15, 0.2) is 18.2 Å². The molecule has 3 nitrogen and oxygen atoms in total. The first-order valence-electron chi connectivity index (χ1n) is 7.31. The van der Waals surface area contributed by atoms with E-state index in [4.69, 9.17) is 4.74 Å². The largest absolute Gasteiger partial charge is 0.493 e. The Kier molecular flexibility index (Phi) is 5.23. The molecule has 1 aromatic rings. The number of rotatable bonds is 5. The molecule has 0 amide bonds. The second-order valence-electron chi connectivity index (χ2n) is 5.56. The monoisotopic (exact) mass is 262 g/mol. The zero-order valence-electron chi connectivity index (χ0n) is 12.4. The van der Waals surface area contributed by atoms with Crippen molar-refractivity contribution in [1.29, 1.82) is 0 Å². The number of piperazine rings is 1. The Labute approximate surface area is 116 Å². The van der Waals surface area contributed by atoms with Crippen molar-refractivity contribution in [3.8, 4) is 5.75 Å². The average Bonchev–Trinajstić information content (AvgIpc) is 2.40. The van der Waals surface area contributed by atoms with Crippen molar-refractivity contribution in [1.82, 2.24) is 10.2 Å². The number of hydrogen-bond acceptors (Lipinski definition) is 3. The molecule has 1 N–H and O–H groups in total. The van der Waals surface area contributed by atoms with Crippen LogP contribution in [0.3, 0.4) is 0 Å². The van der Waals surface area contributed by atoms with E-state index in [1.165, 1.54) is 11.1 Å². The van der Waals surface area contributed by atoms with Crippen molar-refractivity contribution in [2.45, 2.75) is 33.2 Å². The number of ether oxygens (including phenoxy) is 1. The number of nitrogens with zero attached hydrogens (tertiary/aromatic N) is 1. The first kappa shape index (κ1) is 14.4. The molecule has 19 heavy (non-hydrogen) atoms. The van der Waals surface area contributed by atoms with Crippen LogP contribution in [0.2, 0.25) is 0 Å². The molecule has 1 unspecified atom stereocenters. The first-order chi connectivity index (χ1) is 9.16. The third-order valence-electron chi connectivity index (χ3n) is 3.83. The van der Waals surface area contributed by atoms with Gasteiger partial charge in [0.1, 0.15) is 5.75 Å². The third kappa shape index (κ3) is 4.22. The molecule has 2 rings (SSSR count). The van der Waals surface area contributed by atoms with E-state index < -0.39 is 0 Å². The molecular formula is C16H26N2O. The summed E-state index contributed by atoms with van der Waals surface area (Å²) in [5.74, 6) is 1.04. The Balaban J connectivity index is 1.73. The van der Waals surface area contributed by atoms with Crippen molar-refractivity contribution in [3.05, 3.63) is 29.3 Å². The molecule has 1 aliphatic heterocycles. The SMILES string of the molecule is Cc1ccc(C)c(OCCCN2CCNCC2C)c1. The highest BCUT2D eigenvalue weighted by molar-refractivity contribution is 5.35. The van der Waals surface area contributed by atoms with Gasteiger partial charge in [0.2, 0.25) is 0 Å². The van der Waals surface area contributed by atoms with Crippen molar-refractivity contribution >= 4 is 0 Å². The molecule has 1 saturated heterocycles. The van der Waals surface area contributed by atoms with Crippen LogP contribution in [0.1, 0.15) is 24.5 Å². The summed E-state index contributed by atoms with van der Waals surface area (Å²) in [7, 11) is 0. The van der Waals surface area contributed by atoms with Crippen LogP contribution in [0.4, 0.5) is 0 Å². The lowest BCUT2D eigenvalue weighted by atomic mass is 10.1. The lowest BCUT2D eigenvalue weighted by Gasteiger charge is -2.33. The third-order valence-corrected chi connectivity index (χ3v) is 3.83. The van der Waals surface area contributed by atoms with Crippen LogP contribution >= 0.6 is 0 Å². The maximum absolute atomic E-state index is 5.90. The van der Waals surface area contributed by atoms with Gasteiger partial charge in [-0.15, -0.1) is 0 Å². The van der Waals surface area contributed by atoms with Crippen molar-refractivity contribution in [2.75, 3.05) is 32.8 Å². The summed E-state index contributed by atoms with van der Waals surface area (Å²) in [6.45, 7) is 11.8. The van der Waals surface area contributed by atoms with E-state index in [9.17, 15) is 0 Å². The number of nitrogens with one attached hydrogen (secondary N) is 1. The summed E-state index contributed by atoms with van der Waals surface area (Å²) in [5.41, 5.74) is 2.48. The highest BCUT2D eigenvalue weighted by Gasteiger charge is 2.16. The first-order valence-corrected chi connectivity index (χ1v) is 7.31. The minimum Gasteiger partial charge on any atom is -0.493 e. The smallest absolute Gasteiger partial charge is 0.122 e. The molecule has 0 aliphatic carbocycles. The molecule has 0 bridgehead atoms. The maximum Gasteiger partial charge on any atom is 0.122 e. The Morgan fingerprint density at radius 2 is 2.21 bits per heavy atom. The highest BCUT2D eigenvalue weighted by atomic mass is 16.5. The molecule has 3 heteroatoms. The van der Waals surface area contributed by atoms with Crippen LogP contribution in [-0.2, 0) is 0 Å². The molecule has 1 aliphatic rings.